The largest absolute Gasteiger partial charge is 0.457 e. The average Bonchev–Trinajstić information content (AvgIpc) is 2.59. The number of hydrogen-bond donors (Lipinski definition) is 2. The first kappa shape index (κ1) is 19.5. The summed E-state index contributed by atoms with van der Waals surface area (Å²) in [5.41, 5.74) is -0.928. The maximum atomic E-state index is 13.3. The quantitative estimate of drug-likeness (QED) is 0.483. The first-order valence-electron chi connectivity index (χ1n) is 7.46. The molecule has 0 aliphatic heterocycles. The van der Waals surface area contributed by atoms with Gasteiger partial charge in [-0.2, -0.15) is 13.2 Å². The molecule has 0 aliphatic carbocycles. The van der Waals surface area contributed by atoms with Gasteiger partial charge in [0.05, 0.1) is 5.56 Å². The summed E-state index contributed by atoms with van der Waals surface area (Å²) in [4.78, 5) is 3.82. The molecule has 2 aromatic carbocycles. The van der Waals surface area contributed by atoms with E-state index in [2.05, 4.69) is 15.6 Å². The van der Waals surface area contributed by atoms with Crippen LogP contribution in [0.4, 0.5) is 22.0 Å². The molecule has 9 heteroatoms. The number of alkyl halides is 3. The number of nitrogens with zero attached hydrogens (tertiary/aromatic N) is 1. The minimum absolute atomic E-state index is 0.0217. The Labute approximate surface area is 146 Å². The SMILES string of the molecule is CN=C(NC)NCc1ccc(Oc2ccc(F)c(F)c2)cc1C(F)(F)F. The third-order valence-corrected chi connectivity index (χ3v) is 3.42. The maximum Gasteiger partial charge on any atom is 0.416 e. The molecule has 0 amide bonds. The van der Waals surface area contributed by atoms with Crippen LogP contribution in [-0.4, -0.2) is 20.1 Å². The Morgan fingerprint density at radius 1 is 1.04 bits per heavy atom. The molecule has 2 aromatic rings. The molecule has 4 nitrogen and oxygen atoms in total. The first-order valence-corrected chi connectivity index (χ1v) is 7.46. The van der Waals surface area contributed by atoms with Gasteiger partial charge in [0.2, 0.25) is 0 Å². The van der Waals surface area contributed by atoms with E-state index in [1.165, 1.54) is 19.2 Å². The summed E-state index contributed by atoms with van der Waals surface area (Å²) in [6, 6.07) is 6.08. The number of rotatable bonds is 4. The van der Waals surface area contributed by atoms with Crippen molar-refractivity contribution >= 4 is 5.96 Å². The highest BCUT2D eigenvalue weighted by Crippen LogP contribution is 2.35. The summed E-state index contributed by atoms with van der Waals surface area (Å²) >= 11 is 0. The summed E-state index contributed by atoms with van der Waals surface area (Å²) in [7, 11) is 3.07. The van der Waals surface area contributed by atoms with E-state index < -0.39 is 23.4 Å². The Balaban J connectivity index is 2.28. The van der Waals surface area contributed by atoms with Gasteiger partial charge in [-0.15, -0.1) is 0 Å². The van der Waals surface area contributed by atoms with Crippen LogP contribution in [0.3, 0.4) is 0 Å². The Morgan fingerprint density at radius 3 is 2.27 bits per heavy atom. The molecule has 0 aliphatic rings. The zero-order valence-corrected chi connectivity index (χ0v) is 13.9. The van der Waals surface area contributed by atoms with Gasteiger partial charge in [-0.3, -0.25) is 4.99 Å². The standard InChI is InChI=1S/C17H16F5N3O/c1-23-16(24-2)25-9-10-3-4-11(7-13(10)17(20,21)22)26-12-5-6-14(18)15(19)8-12/h3-8H,9H2,1-2H3,(H2,23,24,25). The van der Waals surface area contributed by atoms with Crippen molar-refractivity contribution < 1.29 is 26.7 Å². The summed E-state index contributed by atoms with van der Waals surface area (Å²) in [5, 5.41) is 5.44. The van der Waals surface area contributed by atoms with Gasteiger partial charge < -0.3 is 15.4 Å². The lowest BCUT2D eigenvalue weighted by Gasteiger charge is -2.16. The van der Waals surface area contributed by atoms with Crippen molar-refractivity contribution in [1.29, 1.82) is 0 Å². The van der Waals surface area contributed by atoms with E-state index in [-0.39, 0.29) is 23.6 Å². The molecule has 0 bridgehead atoms. The van der Waals surface area contributed by atoms with Crippen LogP contribution < -0.4 is 15.4 Å². The number of halogens is 5. The Hall–Kier alpha value is -2.84. The zero-order chi connectivity index (χ0) is 19.3. The average molecular weight is 373 g/mol. The van der Waals surface area contributed by atoms with Crippen LogP contribution in [0.15, 0.2) is 41.4 Å². The molecular weight excluding hydrogens is 357 g/mol. The fourth-order valence-electron chi connectivity index (χ4n) is 2.17. The maximum absolute atomic E-state index is 13.3. The zero-order valence-electron chi connectivity index (χ0n) is 13.9. The van der Waals surface area contributed by atoms with Gasteiger partial charge in [-0.25, -0.2) is 8.78 Å². The molecule has 0 saturated heterocycles. The second-order valence-corrected chi connectivity index (χ2v) is 5.17. The Bertz CT molecular complexity index is 805. The number of benzene rings is 2. The van der Waals surface area contributed by atoms with E-state index in [0.29, 0.717) is 5.96 Å². The smallest absolute Gasteiger partial charge is 0.416 e. The van der Waals surface area contributed by atoms with Gasteiger partial charge in [-0.05, 0) is 29.8 Å². The summed E-state index contributed by atoms with van der Waals surface area (Å²) in [6.07, 6.45) is -4.62. The van der Waals surface area contributed by atoms with Crippen LogP contribution in [-0.2, 0) is 12.7 Å². The number of guanidine groups is 1. The second kappa shape index (κ2) is 8.03. The van der Waals surface area contributed by atoms with Gasteiger partial charge in [-0.1, -0.05) is 6.07 Å². The Kier molecular flexibility index (Phi) is 6.01. The van der Waals surface area contributed by atoms with Crippen LogP contribution in [0.1, 0.15) is 11.1 Å². The number of ether oxygens (including phenoxy) is 1. The van der Waals surface area contributed by atoms with E-state index in [0.717, 1.165) is 24.3 Å². The van der Waals surface area contributed by atoms with Crippen LogP contribution in [0.5, 0.6) is 11.5 Å². The molecule has 140 valence electrons. The van der Waals surface area contributed by atoms with E-state index in [1.54, 1.807) is 7.05 Å². The van der Waals surface area contributed by atoms with Gasteiger partial charge in [0.15, 0.2) is 17.6 Å². The van der Waals surface area contributed by atoms with Crippen LogP contribution in [0.25, 0.3) is 0 Å². The van der Waals surface area contributed by atoms with Gasteiger partial charge >= 0.3 is 6.18 Å². The number of aliphatic imine (C=N–C) groups is 1. The molecule has 0 fully saturated rings. The fourth-order valence-corrected chi connectivity index (χ4v) is 2.17. The highest BCUT2D eigenvalue weighted by molar-refractivity contribution is 5.79. The lowest BCUT2D eigenvalue weighted by molar-refractivity contribution is -0.138. The van der Waals surface area contributed by atoms with Crippen LogP contribution >= 0.6 is 0 Å². The molecule has 0 heterocycles. The highest BCUT2D eigenvalue weighted by atomic mass is 19.4. The molecule has 0 unspecified atom stereocenters. The van der Waals surface area contributed by atoms with Crippen molar-refractivity contribution in [3.8, 4) is 11.5 Å². The van der Waals surface area contributed by atoms with Crippen molar-refractivity contribution in [2.75, 3.05) is 14.1 Å². The predicted octanol–water partition coefficient (Wildman–Crippen LogP) is 4.07. The number of nitrogens with one attached hydrogen (secondary N) is 2. The normalized spacial score (nSPS) is 12.0. The van der Waals surface area contributed by atoms with Crippen molar-refractivity contribution in [3.63, 3.8) is 0 Å². The molecule has 0 aromatic heterocycles. The van der Waals surface area contributed by atoms with Gasteiger partial charge in [0, 0.05) is 26.7 Å². The predicted molar refractivity (Wildman–Crippen MR) is 87.1 cm³/mol. The molecule has 26 heavy (non-hydrogen) atoms. The molecule has 0 radical (unpaired) electrons. The third kappa shape index (κ3) is 4.84. The van der Waals surface area contributed by atoms with E-state index in [4.69, 9.17) is 4.74 Å². The fraction of sp³-hybridized carbons (Fsp3) is 0.235. The van der Waals surface area contributed by atoms with E-state index >= 15 is 0 Å². The van der Waals surface area contributed by atoms with Gasteiger partial charge in [0.25, 0.3) is 0 Å². The topological polar surface area (TPSA) is 45.7 Å². The lowest BCUT2D eigenvalue weighted by Crippen LogP contribution is -2.34. The van der Waals surface area contributed by atoms with Gasteiger partial charge in [0.1, 0.15) is 11.5 Å². The third-order valence-electron chi connectivity index (χ3n) is 3.42. The molecule has 0 atom stereocenters. The summed E-state index contributed by atoms with van der Waals surface area (Å²) < 4.78 is 71.3. The van der Waals surface area contributed by atoms with E-state index in [1.807, 2.05) is 0 Å². The highest BCUT2D eigenvalue weighted by Gasteiger charge is 2.33. The lowest BCUT2D eigenvalue weighted by atomic mass is 10.1. The second-order valence-electron chi connectivity index (χ2n) is 5.17. The minimum Gasteiger partial charge on any atom is -0.457 e. The van der Waals surface area contributed by atoms with Crippen LogP contribution in [0, 0.1) is 11.6 Å². The molecule has 2 rings (SSSR count). The summed E-state index contributed by atoms with van der Waals surface area (Å²) in [5.74, 6) is -2.16. The molecule has 0 saturated carbocycles. The van der Waals surface area contributed by atoms with Crippen LogP contribution in [0.2, 0.25) is 0 Å². The van der Waals surface area contributed by atoms with E-state index in [9.17, 15) is 22.0 Å². The minimum atomic E-state index is -4.62. The first-order chi connectivity index (χ1) is 12.2. The van der Waals surface area contributed by atoms with Crippen molar-refractivity contribution in [1.82, 2.24) is 10.6 Å². The molecular formula is C17H16F5N3O. The Morgan fingerprint density at radius 2 is 1.69 bits per heavy atom. The van der Waals surface area contributed by atoms with Crippen molar-refractivity contribution in [2.24, 2.45) is 4.99 Å². The van der Waals surface area contributed by atoms with Crippen molar-refractivity contribution in [3.05, 3.63) is 59.2 Å². The molecule has 2 N–H and O–H groups in total. The number of hydrogen-bond acceptors (Lipinski definition) is 2. The van der Waals surface area contributed by atoms with Crippen molar-refractivity contribution in [2.45, 2.75) is 12.7 Å². The monoisotopic (exact) mass is 373 g/mol. The molecule has 0 spiro atoms. The summed E-state index contributed by atoms with van der Waals surface area (Å²) in [6.45, 7) is -0.117.